The van der Waals surface area contributed by atoms with E-state index >= 15 is 0 Å². The van der Waals surface area contributed by atoms with Crippen LogP contribution in [0.25, 0.3) is 0 Å². The van der Waals surface area contributed by atoms with Gasteiger partial charge in [-0.1, -0.05) is 11.8 Å². The van der Waals surface area contributed by atoms with Gasteiger partial charge in [0.15, 0.2) is 11.1 Å². The van der Waals surface area contributed by atoms with Crippen LogP contribution in [0, 0.1) is 5.92 Å². The number of hydrogen-bond acceptors (Lipinski definition) is 6. The highest BCUT2D eigenvalue weighted by molar-refractivity contribution is 8.13. The van der Waals surface area contributed by atoms with Gasteiger partial charge in [-0.3, -0.25) is 14.4 Å². The highest BCUT2D eigenvalue weighted by Gasteiger charge is 2.70. The molecular formula is C13H14N6O3S. The van der Waals surface area contributed by atoms with Gasteiger partial charge in [-0.05, 0) is 25.5 Å². The van der Waals surface area contributed by atoms with E-state index < -0.39 is 23.6 Å². The topological polar surface area (TPSA) is 129 Å². The average molecular weight is 334 g/mol. The number of H-pyrrole nitrogens is 1. The Morgan fingerprint density at radius 1 is 1.39 bits per heavy atom. The quantitative estimate of drug-likeness (QED) is 0.614. The number of amides is 3. The lowest BCUT2D eigenvalue weighted by molar-refractivity contribution is -0.149. The van der Waals surface area contributed by atoms with E-state index in [1.165, 1.54) is 0 Å². The lowest BCUT2D eigenvalue weighted by Gasteiger charge is -2.69. The molecule has 2 heterocycles. The Morgan fingerprint density at radius 3 is 2.70 bits per heavy atom. The molecule has 1 aromatic heterocycles. The fourth-order valence-corrected chi connectivity index (χ4v) is 4.18. The van der Waals surface area contributed by atoms with Crippen LogP contribution >= 0.6 is 11.8 Å². The van der Waals surface area contributed by atoms with Crippen molar-refractivity contribution in [1.82, 2.24) is 26.0 Å². The van der Waals surface area contributed by atoms with Gasteiger partial charge in [-0.2, -0.15) is 20.4 Å². The summed E-state index contributed by atoms with van der Waals surface area (Å²) in [7, 11) is 0. The third-order valence-corrected chi connectivity index (χ3v) is 5.36. The van der Waals surface area contributed by atoms with E-state index in [2.05, 4.69) is 31.0 Å². The van der Waals surface area contributed by atoms with Crippen molar-refractivity contribution in [2.24, 2.45) is 10.9 Å². The number of nitrogens with one attached hydrogen (secondary N) is 3. The molecule has 3 aliphatic carbocycles. The Bertz CT molecular complexity index is 723. The Labute approximate surface area is 135 Å². The zero-order valence-corrected chi connectivity index (χ0v) is 13.1. The van der Waals surface area contributed by atoms with Crippen molar-refractivity contribution >= 4 is 34.7 Å². The molecule has 1 atom stereocenters. The molecule has 1 aromatic rings. The number of aromatic nitrogens is 3. The number of thioether (sulfide) groups is 1. The van der Waals surface area contributed by atoms with Crippen LogP contribution in [0.15, 0.2) is 11.2 Å². The maximum atomic E-state index is 12.3. The van der Waals surface area contributed by atoms with E-state index in [0.29, 0.717) is 0 Å². The summed E-state index contributed by atoms with van der Waals surface area (Å²) in [6.07, 6.45) is 5.64. The van der Waals surface area contributed by atoms with Gasteiger partial charge in [0.2, 0.25) is 11.8 Å². The number of carbonyl (C=O) groups is 3. The Balaban J connectivity index is 1.42. The number of aromatic amines is 1. The summed E-state index contributed by atoms with van der Waals surface area (Å²) in [5.41, 5.74) is 0.540. The normalized spacial score (nSPS) is 34.8. The molecule has 0 aromatic carbocycles. The highest BCUT2D eigenvalue weighted by atomic mass is 32.2. The molecule has 10 heteroatoms. The van der Waals surface area contributed by atoms with Crippen LogP contribution in [0.1, 0.15) is 25.0 Å². The lowest BCUT2D eigenvalue weighted by Crippen LogP contribution is -2.77. The number of aliphatic imine (C=N–C) groups is 1. The third kappa shape index (κ3) is 2.01. The molecule has 120 valence electrons. The number of rotatable bonds is 3. The minimum absolute atomic E-state index is 0.0245. The number of amidine groups is 1. The van der Waals surface area contributed by atoms with Crippen LogP contribution in [-0.4, -0.2) is 50.1 Å². The molecule has 3 fully saturated rings. The first-order valence-electron chi connectivity index (χ1n) is 7.13. The van der Waals surface area contributed by atoms with Gasteiger partial charge in [-0.15, -0.1) is 0 Å². The van der Waals surface area contributed by atoms with E-state index in [9.17, 15) is 14.4 Å². The Morgan fingerprint density at radius 2 is 2.13 bits per heavy atom. The van der Waals surface area contributed by atoms with E-state index in [4.69, 9.17) is 0 Å². The highest BCUT2D eigenvalue weighted by Crippen LogP contribution is 2.67. The fraction of sp³-hybridized carbons (Fsp3) is 0.538. The van der Waals surface area contributed by atoms with Crippen LogP contribution in [-0.2, 0) is 19.8 Å². The minimum Gasteiger partial charge on any atom is -0.349 e. The van der Waals surface area contributed by atoms with Gasteiger partial charge in [0.25, 0.3) is 5.91 Å². The summed E-state index contributed by atoms with van der Waals surface area (Å²) < 4.78 is 0. The van der Waals surface area contributed by atoms with Crippen LogP contribution in [0.5, 0.6) is 0 Å². The Hall–Kier alpha value is -2.23. The molecule has 3 N–H and O–H groups in total. The first kappa shape index (κ1) is 14.4. The first-order chi connectivity index (χ1) is 11.0. The summed E-state index contributed by atoms with van der Waals surface area (Å²) in [5.74, 6) is -3.31. The van der Waals surface area contributed by atoms with E-state index in [1.54, 1.807) is 12.5 Å². The van der Waals surface area contributed by atoms with Gasteiger partial charge < -0.3 is 10.6 Å². The van der Waals surface area contributed by atoms with Crippen molar-refractivity contribution in [1.29, 1.82) is 0 Å². The molecular weight excluding hydrogens is 320 g/mol. The molecule has 0 spiro atoms. The van der Waals surface area contributed by atoms with Crippen molar-refractivity contribution in [3.05, 3.63) is 11.9 Å². The molecule has 4 aliphatic rings. The second kappa shape index (κ2) is 4.63. The van der Waals surface area contributed by atoms with Gasteiger partial charge in [0.05, 0.1) is 11.9 Å². The molecule has 1 unspecified atom stereocenters. The SMILES string of the molecule is CSC1=NC(=O)C(C(=O)NC23CC(c4cn[nH]n4)(C2)C3)C(=O)N1. The molecule has 0 radical (unpaired) electrons. The summed E-state index contributed by atoms with van der Waals surface area (Å²) in [6, 6.07) is 0. The number of carbonyl (C=O) groups excluding carboxylic acids is 3. The summed E-state index contributed by atoms with van der Waals surface area (Å²) in [6.45, 7) is 0. The molecule has 3 amide bonds. The maximum absolute atomic E-state index is 12.3. The molecule has 5 rings (SSSR count). The molecule has 0 saturated heterocycles. The predicted molar refractivity (Wildman–Crippen MR) is 80.4 cm³/mol. The summed E-state index contributed by atoms with van der Waals surface area (Å²) >= 11 is 1.15. The van der Waals surface area contributed by atoms with Crippen LogP contribution < -0.4 is 10.6 Å². The standard InChI is InChI=1S/C13H14N6O3S/c1-23-11-15-8(20)7(9(21)16-11)10(22)17-13-3-12(4-13,5-13)6-2-14-19-18-6/h2,7H,3-5H2,1H3,(H,17,22)(H,14,18,19)(H,15,16,20,21). The second-order valence-corrected chi connectivity index (χ2v) is 7.11. The average Bonchev–Trinajstić information content (AvgIpc) is 2.94. The smallest absolute Gasteiger partial charge is 0.270 e. The van der Waals surface area contributed by atoms with Gasteiger partial charge in [0.1, 0.15) is 0 Å². The van der Waals surface area contributed by atoms with Crippen molar-refractivity contribution in [2.45, 2.75) is 30.2 Å². The van der Waals surface area contributed by atoms with E-state index in [1.807, 2.05) is 0 Å². The lowest BCUT2D eigenvalue weighted by atomic mass is 9.38. The van der Waals surface area contributed by atoms with Crippen molar-refractivity contribution < 1.29 is 14.4 Å². The van der Waals surface area contributed by atoms with E-state index in [-0.39, 0.29) is 16.1 Å². The fourth-order valence-electron chi connectivity index (χ4n) is 3.79. The second-order valence-electron chi connectivity index (χ2n) is 6.32. The minimum atomic E-state index is -1.40. The molecule has 2 bridgehead atoms. The molecule has 3 saturated carbocycles. The Kier molecular flexibility index (Phi) is 2.89. The molecule has 9 nitrogen and oxygen atoms in total. The monoisotopic (exact) mass is 334 g/mol. The van der Waals surface area contributed by atoms with Crippen LogP contribution in [0.3, 0.4) is 0 Å². The number of hydrogen-bond donors (Lipinski definition) is 3. The first-order valence-corrected chi connectivity index (χ1v) is 8.35. The van der Waals surface area contributed by atoms with E-state index in [0.717, 1.165) is 36.7 Å². The predicted octanol–water partition coefficient (Wildman–Crippen LogP) is -0.913. The molecule has 1 aliphatic heterocycles. The molecule has 23 heavy (non-hydrogen) atoms. The third-order valence-electron chi connectivity index (χ3n) is 4.78. The van der Waals surface area contributed by atoms with Gasteiger partial charge in [-0.25, -0.2) is 0 Å². The van der Waals surface area contributed by atoms with Crippen LogP contribution in [0.2, 0.25) is 0 Å². The largest absolute Gasteiger partial charge is 0.349 e. The van der Waals surface area contributed by atoms with Crippen molar-refractivity contribution in [3.8, 4) is 0 Å². The summed E-state index contributed by atoms with van der Waals surface area (Å²) in [4.78, 5) is 39.9. The summed E-state index contributed by atoms with van der Waals surface area (Å²) in [5, 5.41) is 16.0. The maximum Gasteiger partial charge on any atom is 0.270 e. The van der Waals surface area contributed by atoms with Crippen LogP contribution in [0.4, 0.5) is 0 Å². The van der Waals surface area contributed by atoms with Gasteiger partial charge in [0, 0.05) is 11.0 Å². The van der Waals surface area contributed by atoms with Crippen molar-refractivity contribution in [3.63, 3.8) is 0 Å². The number of nitrogens with zero attached hydrogens (tertiary/aromatic N) is 3. The zero-order valence-electron chi connectivity index (χ0n) is 12.3. The zero-order chi connectivity index (χ0) is 16.2. The van der Waals surface area contributed by atoms with Gasteiger partial charge >= 0.3 is 0 Å². The van der Waals surface area contributed by atoms with Crippen molar-refractivity contribution in [2.75, 3.05) is 6.26 Å².